The molecule has 3 rings (SSSR count). The lowest BCUT2D eigenvalue weighted by Gasteiger charge is -2.17. The van der Waals surface area contributed by atoms with Crippen molar-refractivity contribution in [2.24, 2.45) is 0 Å². The topological polar surface area (TPSA) is 62.3 Å². The lowest BCUT2D eigenvalue weighted by Crippen LogP contribution is -2.27. The Kier molecular flexibility index (Phi) is 5.52. The number of nitrogens with one attached hydrogen (secondary N) is 1. The zero-order chi connectivity index (χ0) is 19.4. The van der Waals surface area contributed by atoms with Gasteiger partial charge in [0, 0.05) is 23.4 Å². The van der Waals surface area contributed by atoms with Gasteiger partial charge < -0.3 is 10.2 Å². The third-order valence-corrected chi connectivity index (χ3v) is 4.32. The van der Waals surface area contributed by atoms with Crippen LogP contribution < -0.4 is 10.2 Å². The maximum Gasteiger partial charge on any atom is 0.276 e. The Balaban J connectivity index is 1.80. The number of anilines is 2. The summed E-state index contributed by atoms with van der Waals surface area (Å²) in [4.78, 5) is 30.9. The smallest absolute Gasteiger partial charge is 0.276 e. The Labute approximate surface area is 162 Å². The highest BCUT2D eigenvalue weighted by molar-refractivity contribution is 6.30. The number of pyridine rings is 1. The standard InChI is InChI=1S/C21H18ClN3O2/c1-14-13-15(22)11-12-17(14)24-20(26)18-9-6-10-19(23-18)21(27)25(2)16-7-4-3-5-8-16/h3-13H,1-2H3,(H,24,26). The molecule has 0 spiro atoms. The van der Waals surface area contributed by atoms with Gasteiger partial charge in [0.25, 0.3) is 11.8 Å². The fourth-order valence-electron chi connectivity index (χ4n) is 2.57. The second-order valence-corrected chi connectivity index (χ2v) is 6.46. The van der Waals surface area contributed by atoms with Crippen molar-refractivity contribution in [2.75, 3.05) is 17.3 Å². The van der Waals surface area contributed by atoms with E-state index in [0.29, 0.717) is 10.7 Å². The number of aryl methyl sites for hydroxylation is 1. The van der Waals surface area contributed by atoms with E-state index >= 15 is 0 Å². The van der Waals surface area contributed by atoms with E-state index in [9.17, 15) is 9.59 Å². The molecule has 0 aliphatic carbocycles. The summed E-state index contributed by atoms with van der Waals surface area (Å²) in [7, 11) is 1.67. The number of amides is 2. The summed E-state index contributed by atoms with van der Waals surface area (Å²) in [5.74, 6) is -0.684. The molecule has 0 saturated carbocycles. The van der Waals surface area contributed by atoms with E-state index in [1.165, 1.54) is 4.90 Å². The van der Waals surface area contributed by atoms with Crippen molar-refractivity contribution >= 4 is 34.8 Å². The van der Waals surface area contributed by atoms with Crippen LogP contribution in [0.1, 0.15) is 26.5 Å². The minimum atomic E-state index is -0.391. The van der Waals surface area contributed by atoms with Crippen LogP contribution in [0.2, 0.25) is 5.02 Å². The highest BCUT2D eigenvalue weighted by Gasteiger charge is 2.17. The molecule has 0 radical (unpaired) electrons. The monoisotopic (exact) mass is 379 g/mol. The molecule has 0 atom stereocenters. The summed E-state index contributed by atoms with van der Waals surface area (Å²) in [6.07, 6.45) is 0. The van der Waals surface area contributed by atoms with Gasteiger partial charge in [-0.3, -0.25) is 9.59 Å². The molecular weight excluding hydrogens is 362 g/mol. The second-order valence-electron chi connectivity index (χ2n) is 6.02. The van der Waals surface area contributed by atoms with E-state index in [4.69, 9.17) is 11.6 Å². The van der Waals surface area contributed by atoms with Crippen LogP contribution in [0.15, 0.2) is 66.7 Å². The minimum Gasteiger partial charge on any atom is -0.320 e. The van der Waals surface area contributed by atoms with Crippen molar-refractivity contribution in [3.63, 3.8) is 0 Å². The number of carbonyl (C=O) groups excluding carboxylic acids is 2. The van der Waals surface area contributed by atoms with Crippen LogP contribution in [0.3, 0.4) is 0 Å². The molecule has 0 aliphatic heterocycles. The molecule has 136 valence electrons. The fraction of sp³-hybridized carbons (Fsp3) is 0.0952. The first-order valence-corrected chi connectivity index (χ1v) is 8.71. The number of nitrogens with zero attached hydrogens (tertiary/aromatic N) is 2. The van der Waals surface area contributed by atoms with Crippen LogP contribution in [0.25, 0.3) is 0 Å². The molecule has 6 heteroatoms. The van der Waals surface area contributed by atoms with Crippen molar-refractivity contribution in [3.05, 3.63) is 88.7 Å². The molecule has 0 fully saturated rings. The highest BCUT2D eigenvalue weighted by Crippen LogP contribution is 2.20. The largest absolute Gasteiger partial charge is 0.320 e. The lowest BCUT2D eigenvalue weighted by atomic mass is 10.2. The highest BCUT2D eigenvalue weighted by atomic mass is 35.5. The van der Waals surface area contributed by atoms with Crippen LogP contribution in [0.5, 0.6) is 0 Å². The molecule has 1 aromatic heterocycles. The Morgan fingerprint density at radius 1 is 0.963 bits per heavy atom. The van der Waals surface area contributed by atoms with Crippen molar-refractivity contribution in [1.29, 1.82) is 0 Å². The number of benzene rings is 2. The van der Waals surface area contributed by atoms with Gasteiger partial charge in [0.2, 0.25) is 0 Å². The molecule has 1 heterocycles. The summed E-state index contributed by atoms with van der Waals surface area (Å²) >= 11 is 5.94. The van der Waals surface area contributed by atoms with Gasteiger partial charge >= 0.3 is 0 Å². The molecule has 0 aliphatic rings. The van der Waals surface area contributed by atoms with Gasteiger partial charge in [0.1, 0.15) is 11.4 Å². The number of para-hydroxylation sites is 1. The normalized spacial score (nSPS) is 10.3. The van der Waals surface area contributed by atoms with Gasteiger partial charge in [-0.1, -0.05) is 35.9 Å². The van der Waals surface area contributed by atoms with Gasteiger partial charge in [-0.15, -0.1) is 0 Å². The Hall–Kier alpha value is -3.18. The maximum atomic E-state index is 12.7. The van der Waals surface area contributed by atoms with Crippen LogP contribution in [0.4, 0.5) is 11.4 Å². The van der Waals surface area contributed by atoms with E-state index < -0.39 is 5.91 Å². The third kappa shape index (κ3) is 4.33. The summed E-state index contributed by atoms with van der Waals surface area (Å²) in [6.45, 7) is 1.85. The van der Waals surface area contributed by atoms with E-state index in [1.54, 1.807) is 43.4 Å². The molecule has 1 N–H and O–H groups in total. The number of halogens is 1. The summed E-state index contributed by atoms with van der Waals surface area (Å²) < 4.78 is 0. The van der Waals surface area contributed by atoms with E-state index in [2.05, 4.69) is 10.3 Å². The van der Waals surface area contributed by atoms with Gasteiger partial charge in [0.15, 0.2) is 0 Å². The molecule has 0 bridgehead atoms. The SMILES string of the molecule is Cc1cc(Cl)ccc1NC(=O)c1cccc(C(=O)N(C)c2ccccc2)n1. The number of rotatable bonds is 4. The molecular formula is C21H18ClN3O2. The van der Waals surface area contributed by atoms with Gasteiger partial charge in [-0.05, 0) is 55.0 Å². The number of carbonyl (C=O) groups is 2. The second kappa shape index (κ2) is 8.01. The average molecular weight is 380 g/mol. The molecule has 27 heavy (non-hydrogen) atoms. The predicted molar refractivity (Wildman–Crippen MR) is 108 cm³/mol. The Morgan fingerprint density at radius 3 is 2.37 bits per heavy atom. The summed E-state index contributed by atoms with van der Waals surface area (Å²) in [5, 5.41) is 3.39. The van der Waals surface area contributed by atoms with E-state index in [0.717, 1.165) is 11.3 Å². The molecule has 0 unspecified atom stereocenters. The molecule has 2 amide bonds. The van der Waals surface area contributed by atoms with Crippen molar-refractivity contribution in [2.45, 2.75) is 6.92 Å². The van der Waals surface area contributed by atoms with E-state index in [1.807, 2.05) is 37.3 Å². The van der Waals surface area contributed by atoms with Crippen LogP contribution in [0, 0.1) is 6.92 Å². The fourth-order valence-corrected chi connectivity index (χ4v) is 2.80. The first kappa shape index (κ1) is 18.6. The van der Waals surface area contributed by atoms with Crippen molar-refractivity contribution in [3.8, 4) is 0 Å². The zero-order valence-electron chi connectivity index (χ0n) is 14.9. The van der Waals surface area contributed by atoms with Gasteiger partial charge in [0.05, 0.1) is 0 Å². The van der Waals surface area contributed by atoms with Crippen molar-refractivity contribution in [1.82, 2.24) is 4.98 Å². The molecule has 5 nitrogen and oxygen atoms in total. The summed E-state index contributed by atoms with van der Waals surface area (Å²) in [5.41, 5.74) is 2.59. The zero-order valence-corrected chi connectivity index (χ0v) is 15.7. The third-order valence-electron chi connectivity index (χ3n) is 4.09. The molecule has 3 aromatic rings. The van der Waals surface area contributed by atoms with Crippen molar-refractivity contribution < 1.29 is 9.59 Å². The number of hydrogen-bond acceptors (Lipinski definition) is 3. The first-order chi connectivity index (χ1) is 13.0. The quantitative estimate of drug-likeness (QED) is 0.722. The Morgan fingerprint density at radius 2 is 1.67 bits per heavy atom. The average Bonchev–Trinajstić information content (AvgIpc) is 2.69. The van der Waals surface area contributed by atoms with E-state index in [-0.39, 0.29) is 17.3 Å². The van der Waals surface area contributed by atoms with Gasteiger partial charge in [-0.2, -0.15) is 0 Å². The molecule has 2 aromatic carbocycles. The van der Waals surface area contributed by atoms with Crippen LogP contribution in [-0.4, -0.2) is 23.8 Å². The maximum absolute atomic E-state index is 12.7. The van der Waals surface area contributed by atoms with Crippen LogP contribution in [-0.2, 0) is 0 Å². The summed E-state index contributed by atoms with van der Waals surface area (Å²) in [6, 6.07) is 19.2. The minimum absolute atomic E-state index is 0.164. The number of hydrogen-bond donors (Lipinski definition) is 1. The van der Waals surface area contributed by atoms with Gasteiger partial charge in [-0.25, -0.2) is 4.98 Å². The van der Waals surface area contributed by atoms with Crippen LogP contribution >= 0.6 is 11.6 Å². The lowest BCUT2D eigenvalue weighted by molar-refractivity contribution is 0.0988. The predicted octanol–water partition coefficient (Wildman–Crippen LogP) is 4.57. The molecule has 0 saturated heterocycles. The Bertz CT molecular complexity index is 990. The number of aromatic nitrogens is 1. The first-order valence-electron chi connectivity index (χ1n) is 8.33.